The molecular weight excluding hydrogens is 802 g/mol. The van der Waals surface area contributed by atoms with Gasteiger partial charge < -0.3 is 0 Å². The second-order valence-corrected chi connectivity index (χ2v) is 28.3. The predicted octanol–water partition coefficient (Wildman–Crippen LogP) is 10.2. The zero-order valence-electron chi connectivity index (χ0n) is 33.0. The number of pyridine rings is 1. The van der Waals surface area contributed by atoms with Crippen molar-refractivity contribution >= 4 is 82.8 Å². The predicted molar refractivity (Wildman–Crippen MR) is 263 cm³/mol. The van der Waals surface area contributed by atoms with E-state index in [2.05, 4.69) is 266 Å². The van der Waals surface area contributed by atoms with Gasteiger partial charge in [-0.15, -0.1) is 0 Å². The SMILES string of the molecule is c1ccc(P(c2ccccc2)P(=Nc2cccc([NH+]=P(c3ccccc3)(c3ccccc3)P(c3ccccc3)c3ccccc3)n2)(c2ccccc2)c2ccccc2)cc1. The Morgan fingerprint density at radius 1 is 0.317 bits per heavy atom. The van der Waals surface area contributed by atoms with Crippen LogP contribution in [0.3, 0.4) is 0 Å². The first-order valence-corrected chi connectivity index (χ1v) is 27.7. The lowest BCUT2D eigenvalue weighted by molar-refractivity contribution is -0.330. The molecule has 0 aliphatic carbocycles. The van der Waals surface area contributed by atoms with Crippen molar-refractivity contribution in [1.29, 1.82) is 0 Å². The number of nitrogens with zero attached hydrogens (tertiary/aromatic N) is 2. The van der Waals surface area contributed by atoms with E-state index in [4.69, 9.17) is 9.73 Å². The number of hydrogen-bond donors (Lipinski definition) is 1. The molecule has 0 aliphatic rings. The van der Waals surface area contributed by atoms with Crippen molar-refractivity contribution in [3.63, 3.8) is 0 Å². The van der Waals surface area contributed by atoms with Crippen LogP contribution in [0.5, 0.6) is 0 Å². The van der Waals surface area contributed by atoms with Crippen molar-refractivity contribution in [2.75, 3.05) is 0 Å². The van der Waals surface area contributed by atoms with E-state index in [-0.39, 0.29) is 0 Å². The third-order valence-electron chi connectivity index (χ3n) is 10.3. The highest BCUT2D eigenvalue weighted by atomic mass is 32.1. The summed E-state index contributed by atoms with van der Waals surface area (Å²) >= 11 is 0. The Morgan fingerprint density at radius 2 is 0.633 bits per heavy atom. The molecule has 1 aromatic heterocycles. The summed E-state index contributed by atoms with van der Waals surface area (Å²) in [6.07, 6.45) is 0. The molecule has 1 heterocycles. The second-order valence-electron chi connectivity index (χ2n) is 14.1. The van der Waals surface area contributed by atoms with Crippen LogP contribution < -0.4 is 47.2 Å². The molecule has 9 rings (SSSR count). The number of hydrogen-bond acceptors (Lipinski definition) is 2. The number of benzene rings is 8. The largest absolute Gasteiger partial charge is 0.321 e. The maximum absolute atomic E-state index is 6.09. The van der Waals surface area contributed by atoms with Gasteiger partial charge in [0.25, 0.3) is 5.82 Å². The van der Waals surface area contributed by atoms with Crippen molar-refractivity contribution < 1.29 is 4.74 Å². The number of nitrogens with one attached hydrogen (secondary N) is 1. The van der Waals surface area contributed by atoms with Crippen LogP contribution in [0.4, 0.5) is 11.6 Å². The summed E-state index contributed by atoms with van der Waals surface area (Å²) in [7, 11) is -2.08. The van der Waals surface area contributed by atoms with Gasteiger partial charge in [-0.3, -0.25) is 0 Å². The Balaban J connectivity index is 1.38. The third-order valence-corrected chi connectivity index (χ3v) is 29.5. The molecule has 0 fully saturated rings. The Hall–Kier alpha value is -5.77. The van der Waals surface area contributed by atoms with E-state index in [1.807, 2.05) is 0 Å². The van der Waals surface area contributed by atoms with E-state index in [9.17, 15) is 0 Å². The lowest BCUT2D eigenvalue weighted by Gasteiger charge is -2.34. The molecule has 3 nitrogen and oxygen atoms in total. The molecule has 60 heavy (non-hydrogen) atoms. The highest BCUT2D eigenvalue weighted by Gasteiger charge is 2.40. The maximum Gasteiger partial charge on any atom is 0.321 e. The first-order chi connectivity index (χ1) is 29.8. The first-order valence-electron chi connectivity index (χ1n) is 20.1. The van der Waals surface area contributed by atoms with E-state index in [1.54, 1.807) is 0 Å². The van der Waals surface area contributed by atoms with Crippen LogP contribution in [0.25, 0.3) is 0 Å². The van der Waals surface area contributed by atoms with Crippen LogP contribution in [-0.4, -0.2) is 4.98 Å². The van der Waals surface area contributed by atoms with Gasteiger partial charge in [0.1, 0.15) is 6.74 Å². The van der Waals surface area contributed by atoms with Gasteiger partial charge in [-0.25, -0.2) is 9.49 Å². The van der Waals surface area contributed by atoms with E-state index >= 15 is 0 Å². The van der Waals surface area contributed by atoms with Crippen LogP contribution in [0, 0.1) is 0 Å². The molecule has 0 saturated heterocycles. The van der Waals surface area contributed by atoms with Gasteiger partial charge in [-0.05, 0) is 32.3 Å². The minimum atomic E-state index is -2.67. The normalized spacial score (nSPS) is 11.6. The molecule has 0 saturated carbocycles. The van der Waals surface area contributed by atoms with Crippen molar-refractivity contribution in [3.05, 3.63) is 261 Å². The monoisotopic (exact) mass is 846 g/mol. The standard InChI is InChI=1S/C53H43N3P4/c1-9-26-44(27-10-1)57(45-28-11-2-12-29-45)59(48-34-17-5-18-35-48,49-36-19-6-20-37-49)55-52-42-25-43-53(54-52)56-60(50-38-21-7-22-39-50,51-40-23-8-24-41-51)58(46-30-13-3-14-31-46)47-32-15-4-16-33-47/h1-43H/p+1. The molecule has 7 heteroatoms. The lowest BCUT2D eigenvalue weighted by Crippen LogP contribution is -2.63. The average Bonchev–Trinajstić information content (AvgIpc) is 3.34. The van der Waals surface area contributed by atoms with Gasteiger partial charge in [0.2, 0.25) is 0 Å². The molecular formula is C53H44N3P4+. The molecule has 0 aliphatic heterocycles. The lowest BCUT2D eigenvalue weighted by atomic mass is 10.4. The zero-order valence-corrected chi connectivity index (χ0v) is 36.6. The smallest absolute Gasteiger partial charge is 0.248 e. The van der Waals surface area contributed by atoms with Crippen LogP contribution >= 0.6 is 28.7 Å². The van der Waals surface area contributed by atoms with E-state index < -0.39 is 28.7 Å². The van der Waals surface area contributed by atoms with Crippen molar-refractivity contribution in [2.24, 2.45) is 4.74 Å². The Kier molecular flexibility index (Phi) is 12.3. The molecule has 0 amide bonds. The van der Waals surface area contributed by atoms with Crippen LogP contribution in [-0.2, 0) is 0 Å². The molecule has 0 spiro atoms. The van der Waals surface area contributed by atoms with Crippen molar-refractivity contribution in [3.8, 4) is 0 Å². The molecule has 0 atom stereocenters. The summed E-state index contributed by atoms with van der Waals surface area (Å²) < 4.78 is 10.4. The summed E-state index contributed by atoms with van der Waals surface area (Å²) in [5.41, 5.74) is 0. The zero-order chi connectivity index (χ0) is 40.5. The van der Waals surface area contributed by atoms with Gasteiger partial charge in [0.15, 0.2) is 0 Å². The van der Waals surface area contributed by atoms with E-state index in [1.165, 1.54) is 42.4 Å². The highest BCUT2D eigenvalue weighted by molar-refractivity contribution is 8.45. The van der Waals surface area contributed by atoms with Gasteiger partial charge >= 0.3 is 5.82 Å². The fourth-order valence-corrected chi connectivity index (χ4v) is 28.2. The summed E-state index contributed by atoms with van der Waals surface area (Å²) in [4.78, 5) is 5.58. The molecule has 290 valence electrons. The summed E-state index contributed by atoms with van der Waals surface area (Å²) in [6, 6.07) is 94.6. The van der Waals surface area contributed by atoms with Gasteiger partial charge in [-0.1, -0.05) is 243 Å². The summed E-state index contributed by atoms with van der Waals surface area (Å²) in [6.45, 7) is -5.22. The molecule has 8 aromatic carbocycles. The second kappa shape index (κ2) is 18.7. The quantitative estimate of drug-likeness (QED) is 0.122. The highest BCUT2D eigenvalue weighted by Crippen LogP contribution is 2.75. The number of aromatic nitrogens is 1. The average molecular weight is 847 g/mol. The minimum Gasteiger partial charge on any atom is -0.248 e. The van der Waals surface area contributed by atoms with Crippen LogP contribution in [0.2, 0.25) is 0 Å². The van der Waals surface area contributed by atoms with Crippen LogP contribution in [0.15, 0.2) is 266 Å². The number of rotatable bonds is 12. The van der Waals surface area contributed by atoms with E-state index in [0.29, 0.717) is 5.82 Å². The Labute approximate surface area is 356 Å². The minimum absolute atomic E-state index is 0.711. The molecule has 0 unspecified atom stereocenters. The van der Waals surface area contributed by atoms with Gasteiger partial charge in [0.05, 0.1) is 6.74 Å². The summed E-state index contributed by atoms with van der Waals surface area (Å²) in [5.74, 6) is 1.52. The van der Waals surface area contributed by atoms with Gasteiger partial charge in [0, 0.05) is 48.6 Å². The molecule has 1 N–H and O–H groups in total. The van der Waals surface area contributed by atoms with Crippen molar-refractivity contribution in [2.45, 2.75) is 0 Å². The van der Waals surface area contributed by atoms with E-state index in [0.717, 1.165) is 5.82 Å². The van der Waals surface area contributed by atoms with Crippen LogP contribution in [0.1, 0.15) is 0 Å². The molecule has 0 bridgehead atoms. The first kappa shape index (κ1) is 39.7. The topological polar surface area (TPSA) is 39.2 Å². The van der Waals surface area contributed by atoms with Crippen molar-refractivity contribution in [1.82, 2.24) is 4.98 Å². The van der Waals surface area contributed by atoms with Gasteiger partial charge in [-0.2, -0.15) is 0 Å². The maximum atomic E-state index is 6.09. The fourth-order valence-electron chi connectivity index (χ4n) is 7.77. The molecule has 0 radical (unpaired) electrons. The summed E-state index contributed by atoms with van der Waals surface area (Å²) in [5, 5.41) is 10.2. The fraction of sp³-hybridized carbons (Fsp3) is 0. The third kappa shape index (κ3) is 8.08. The Bertz CT molecular complexity index is 2500. The Morgan fingerprint density at radius 3 is 1.00 bits per heavy atom. The molecule has 9 aromatic rings.